The van der Waals surface area contributed by atoms with Gasteiger partial charge in [0.2, 0.25) is 0 Å². The van der Waals surface area contributed by atoms with E-state index in [4.69, 9.17) is 11.6 Å². The zero-order chi connectivity index (χ0) is 22.6. The third-order valence-electron chi connectivity index (χ3n) is 5.32. The minimum absolute atomic E-state index is 0.0306. The lowest BCUT2D eigenvalue weighted by Crippen LogP contribution is -2.38. The zero-order valence-corrected chi connectivity index (χ0v) is 18.1. The molecule has 0 radical (unpaired) electrons. The lowest BCUT2D eigenvalue weighted by atomic mass is 10.1. The van der Waals surface area contributed by atoms with Crippen molar-refractivity contribution in [3.63, 3.8) is 0 Å². The van der Waals surface area contributed by atoms with Crippen molar-refractivity contribution in [2.24, 2.45) is 0 Å². The lowest BCUT2D eigenvalue weighted by Gasteiger charge is -2.29. The van der Waals surface area contributed by atoms with Crippen LogP contribution in [0.2, 0.25) is 5.02 Å². The summed E-state index contributed by atoms with van der Waals surface area (Å²) in [5, 5.41) is 0.646. The summed E-state index contributed by atoms with van der Waals surface area (Å²) in [5.41, 5.74) is 1.11. The predicted octanol–water partition coefficient (Wildman–Crippen LogP) is 6.65. The van der Waals surface area contributed by atoms with E-state index in [1.165, 1.54) is 12.1 Å². The normalized spacial score (nSPS) is 12.6. The molecule has 7 heteroatoms. The van der Waals surface area contributed by atoms with Crippen LogP contribution in [0.1, 0.15) is 47.4 Å². The highest BCUT2D eigenvalue weighted by Crippen LogP contribution is 2.30. The molecule has 1 unspecified atom stereocenters. The van der Waals surface area contributed by atoms with E-state index in [1.807, 2.05) is 54.9 Å². The molecular weight excluding hydrogens is 425 g/mol. The fourth-order valence-electron chi connectivity index (χ4n) is 3.40. The van der Waals surface area contributed by atoms with E-state index in [9.17, 15) is 18.0 Å². The van der Waals surface area contributed by atoms with E-state index in [2.05, 4.69) is 0 Å². The number of halogens is 4. The second-order valence-electron chi connectivity index (χ2n) is 7.53. The second-order valence-corrected chi connectivity index (χ2v) is 7.96. The number of rotatable bonds is 7. The number of hydrogen-bond acceptors (Lipinski definition) is 1. The molecule has 0 saturated carbocycles. The van der Waals surface area contributed by atoms with Gasteiger partial charge in [-0.3, -0.25) is 4.79 Å². The van der Waals surface area contributed by atoms with Crippen LogP contribution in [0, 0.1) is 0 Å². The molecule has 3 nitrogen and oxygen atoms in total. The molecule has 0 aliphatic heterocycles. The first-order valence-electron chi connectivity index (χ1n) is 10.1. The molecule has 1 atom stereocenters. The standard InChI is InChI=1S/C24H24ClF3N2O/c1-3-17(2)30(23(31)19-8-5-9-20(14-19)24(26,27)28)16-22-11-6-12-29(22)15-18-7-4-10-21(25)13-18/h4-14,17H,3,15-16H2,1-2H3. The maximum Gasteiger partial charge on any atom is 0.416 e. The van der Waals surface area contributed by atoms with Gasteiger partial charge in [-0.1, -0.05) is 36.7 Å². The Morgan fingerprint density at radius 2 is 1.84 bits per heavy atom. The van der Waals surface area contributed by atoms with Crippen molar-refractivity contribution in [3.05, 3.63) is 94.3 Å². The van der Waals surface area contributed by atoms with E-state index in [0.29, 0.717) is 18.0 Å². The molecule has 3 rings (SSSR count). The van der Waals surface area contributed by atoms with Gasteiger partial charge in [-0.05, 0) is 61.4 Å². The molecule has 3 aromatic rings. The van der Waals surface area contributed by atoms with Crippen molar-refractivity contribution >= 4 is 17.5 Å². The van der Waals surface area contributed by atoms with Crippen molar-refractivity contribution < 1.29 is 18.0 Å². The summed E-state index contributed by atoms with van der Waals surface area (Å²) in [6, 6.07) is 15.8. The van der Waals surface area contributed by atoms with Crippen LogP contribution >= 0.6 is 11.6 Å². The number of carbonyl (C=O) groups excluding carboxylic acids is 1. The molecule has 164 valence electrons. The Morgan fingerprint density at radius 3 is 2.52 bits per heavy atom. The van der Waals surface area contributed by atoms with Crippen molar-refractivity contribution in [1.29, 1.82) is 0 Å². The van der Waals surface area contributed by atoms with Gasteiger partial charge in [-0.25, -0.2) is 0 Å². The first-order chi connectivity index (χ1) is 14.7. The Morgan fingerprint density at radius 1 is 1.10 bits per heavy atom. The van der Waals surface area contributed by atoms with Gasteiger partial charge in [-0.15, -0.1) is 0 Å². The molecule has 0 saturated heterocycles. The van der Waals surface area contributed by atoms with E-state index in [0.717, 1.165) is 23.4 Å². The van der Waals surface area contributed by atoms with Gasteiger partial charge in [0.1, 0.15) is 0 Å². The molecular formula is C24H24ClF3N2O. The van der Waals surface area contributed by atoms with Gasteiger partial charge < -0.3 is 9.47 Å². The molecule has 0 fully saturated rings. The molecule has 1 aromatic heterocycles. The van der Waals surface area contributed by atoms with Gasteiger partial charge in [0.15, 0.2) is 0 Å². The van der Waals surface area contributed by atoms with Crippen molar-refractivity contribution in [3.8, 4) is 0 Å². The number of amides is 1. The first kappa shape index (κ1) is 22.9. The molecule has 0 aliphatic rings. The van der Waals surface area contributed by atoms with Gasteiger partial charge in [0, 0.05) is 35.1 Å². The number of hydrogen-bond donors (Lipinski definition) is 0. The number of carbonyl (C=O) groups is 1. The Hall–Kier alpha value is -2.73. The number of alkyl halides is 3. The summed E-state index contributed by atoms with van der Waals surface area (Å²) in [6.07, 6.45) is -1.90. The van der Waals surface area contributed by atoms with Gasteiger partial charge in [-0.2, -0.15) is 13.2 Å². The van der Waals surface area contributed by atoms with Crippen molar-refractivity contribution in [2.45, 2.75) is 45.6 Å². The molecule has 0 spiro atoms. The summed E-state index contributed by atoms with van der Waals surface area (Å²) in [5.74, 6) is -0.420. The number of aromatic nitrogens is 1. The summed E-state index contributed by atoms with van der Waals surface area (Å²) in [4.78, 5) is 14.8. The minimum Gasteiger partial charge on any atom is -0.345 e. The summed E-state index contributed by atoms with van der Waals surface area (Å²) >= 11 is 6.08. The Bertz CT molecular complexity index is 1050. The van der Waals surface area contributed by atoms with Crippen LogP contribution in [0.4, 0.5) is 13.2 Å². The van der Waals surface area contributed by atoms with Crippen LogP contribution in [0.5, 0.6) is 0 Å². The maximum absolute atomic E-state index is 13.2. The molecule has 31 heavy (non-hydrogen) atoms. The Kier molecular flexibility index (Phi) is 7.11. The SMILES string of the molecule is CCC(C)N(Cc1cccn1Cc1cccc(Cl)c1)C(=O)c1cccc(C(F)(F)F)c1. The zero-order valence-electron chi connectivity index (χ0n) is 17.4. The van der Waals surface area contributed by atoms with Crippen molar-refractivity contribution in [1.82, 2.24) is 9.47 Å². The van der Waals surface area contributed by atoms with Crippen LogP contribution in [0.25, 0.3) is 0 Å². The average molecular weight is 449 g/mol. The van der Waals surface area contributed by atoms with E-state index < -0.39 is 17.6 Å². The van der Waals surface area contributed by atoms with Crippen molar-refractivity contribution in [2.75, 3.05) is 0 Å². The number of nitrogens with zero attached hydrogens (tertiary/aromatic N) is 2. The smallest absolute Gasteiger partial charge is 0.345 e. The average Bonchev–Trinajstić information content (AvgIpc) is 3.17. The van der Waals surface area contributed by atoms with E-state index >= 15 is 0 Å². The highest BCUT2D eigenvalue weighted by atomic mass is 35.5. The van der Waals surface area contributed by atoms with Crippen LogP contribution in [-0.4, -0.2) is 21.4 Å². The topological polar surface area (TPSA) is 25.2 Å². The first-order valence-corrected chi connectivity index (χ1v) is 10.4. The summed E-state index contributed by atoms with van der Waals surface area (Å²) < 4.78 is 41.4. The number of benzene rings is 2. The van der Waals surface area contributed by atoms with Gasteiger partial charge in [0.25, 0.3) is 5.91 Å². The molecule has 0 N–H and O–H groups in total. The summed E-state index contributed by atoms with van der Waals surface area (Å²) in [7, 11) is 0. The molecule has 0 bridgehead atoms. The molecule has 1 heterocycles. The fraction of sp³-hybridized carbons (Fsp3) is 0.292. The van der Waals surface area contributed by atoms with E-state index in [-0.39, 0.29) is 18.2 Å². The minimum atomic E-state index is -4.50. The highest BCUT2D eigenvalue weighted by Gasteiger charge is 2.31. The maximum atomic E-state index is 13.2. The quantitative estimate of drug-likeness (QED) is 0.397. The third kappa shape index (κ3) is 5.70. The van der Waals surface area contributed by atoms with E-state index in [1.54, 1.807) is 11.0 Å². The van der Waals surface area contributed by atoms with Crippen LogP contribution in [-0.2, 0) is 19.3 Å². The molecule has 1 amide bonds. The second kappa shape index (κ2) is 9.60. The van der Waals surface area contributed by atoms with Crippen LogP contribution in [0.3, 0.4) is 0 Å². The summed E-state index contributed by atoms with van der Waals surface area (Å²) in [6.45, 7) is 4.71. The lowest BCUT2D eigenvalue weighted by molar-refractivity contribution is -0.137. The Balaban J connectivity index is 1.87. The van der Waals surface area contributed by atoms with Gasteiger partial charge >= 0.3 is 6.18 Å². The van der Waals surface area contributed by atoms with Crippen LogP contribution in [0.15, 0.2) is 66.9 Å². The van der Waals surface area contributed by atoms with Gasteiger partial charge in [0.05, 0.1) is 12.1 Å². The molecule has 0 aliphatic carbocycles. The monoisotopic (exact) mass is 448 g/mol. The predicted molar refractivity (Wildman–Crippen MR) is 116 cm³/mol. The fourth-order valence-corrected chi connectivity index (χ4v) is 3.61. The Labute approximate surface area is 185 Å². The highest BCUT2D eigenvalue weighted by molar-refractivity contribution is 6.30. The third-order valence-corrected chi connectivity index (χ3v) is 5.55. The largest absolute Gasteiger partial charge is 0.416 e. The van der Waals surface area contributed by atoms with Crippen LogP contribution < -0.4 is 0 Å². The molecule has 2 aromatic carbocycles.